The Morgan fingerprint density at radius 2 is 2.04 bits per heavy atom. The number of nitrogens with zero attached hydrogens (tertiary/aromatic N) is 1. The third kappa shape index (κ3) is 4.52. The van der Waals surface area contributed by atoms with Crippen LogP contribution in [0.25, 0.3) is 11.1 Å². The summed E-state index contributed by atoms with van der Waals surface area (Å²) in [6, 6.07) is 14.9. The number of methoxy groups -OCH3 is 1. The Morgan fingerprint density at radius 1 is 1.29 bits per heavy atom. The predicted octanol–water partition coefficient (Wildman–Crippen LogP) is 3.43. The normalized spacial score (nSPS) is 18.2. The van der Waals surface area contributed by atoms with Crippen LogP contribution in [0.5, 0.6) is 5.75 Å². The van der Waals surface area contributed by atoms with Crippen molar-refractivity contribution in [3.8, 4) is 22.9 Å². The van der Waals surface area contributed by atoms with Gasteiger partial charge in [0.15, 0.2) is 0 Å². The summed E-state index contributed by atoms with van der Waals surface area (Å²) in [6.07, 6.45) is 0.592. The molecule has 0 aliphatic carbocycles. The Labute approximate surface area is 171 Å². The lowest BCUT2D eigenvalue weighted by Crippen LogP contribution is -2.31. The molecule has 1 aliphatic rings. The van der Waals surface area contributed by atoms with E-state index in [1.54, 1.807) is 12.1 Å². The smallest absolute Gasteiger partial charge is 0.306 e. The summed E-state index contributed by atoms with van der Waals surface area (Å²) >= 11 is 3.52. The van der Waals surface area contributed by atoms with Gasteiger partial charge in [0.1, 0.15) is 12.4 Å². The van der Waals surface area contributed by atoms with Crippen molar-refractivity contribution < 1.29 is 19.1 Å². The highest BCUT2D eigenvalue weighted by molar-refractivity contribution is 9.10. The molecule has 1 fully saturated rings. The number of carbonyl (C=O) groups is 2. The summed E-state index contributed by atoms with van der Waals surface area (Å²) in [6.45, 7) is 0.287. The number of amides is 1. The topological polar surface area (TPSA) is 88.4 Å². The van der Waals surface area contributed by atoms with E-state index in [0.717, 1.165) is 15.6 Å². The molecule has 1 saturated heterocycles. The van der Waals surface area contributed by atoms with Crippen LogP contribution >= 0.6 is 15.9 Å². The lowest BCUT2D eigenvalue weighted by Gasteiger charge is -2.17. The second kappa shape index (κ2) is 8.89. The average molecular weight is 443 g/mol. The molecule has 0 aromatic heterocycles. The summed E-state index contributed by atoms with van der Waals surface area (Å²) in [4.78, 5) is 23.5. The highest BCUT2D eigenvalue weighted by atomic mass is 79.9. The number of carbonyl (C=O) groups excluding carboxylic acids is 2. The molecule has 7 heteroatoms. The van der Waals surface area contributed by atoms with Crippen LogP contribution in [0.2, 0.25) is 0 Å². The molecular weight excluding hydrogens is 424 g/mol. The molecule has 144 valence electrons. The molecule has 0 unspecified atom stereocenters. The Balaban J connectivity index is 1.72. The second-order valence-corrected chi connectivity index (χ2v) is 7.39. The number of hydrogen-bond donors (Lipinski definition) is 1. The summed E-state index contributed by atoms with van der Waals surface area (Å²) in [5.74, 6) is -0.273. The van der Waals surface area contributed by atoms with Crippen molar-refractivity contribution in [2.75, 3.05) is 13.7 Å². The highest BCUT2D eigenvalue weighted by Gasteiger charge is 2.34. The number of esters is 1. The van der Waals surface area contributed by atoms with Crippen molar-refractivity contribution in [3.05, 3.63) is 52.5 Å². The zero-order valence-electron chi connectivity index (χ0n) is 15.3. The fourth-order valence-electron chi connectivity index (χ4n) is 3.19. The first-order chi connectivity index (χ1) is 13.5. The van der Waals surface area contributed by atoms with Crippen molar-refractivity contribution in [1.29, 1.82) is 5.26 Å². The third-order valence-electron chi connectivity index (χ3n) is 4.65. The van der Waals surface area contributed by atoms with E-state index in [-0.39, 0.29) is 25.0 Å². The molecule has 0 bridgehead atoms. The molecule has 2 aromatic rings. The van der Waals surface area contributed by atoms with E-state index in [1.165, 1.54) is 7.11 Å². The quantitative estimate of drug-likeness (QED) is 0.692. The highest BCUT2D eigenvalue weighted by Crippen LogP contribution is 2.37. The maximum absolute atomic E-state index is 12.1. The van der Waals surface area contributed by atoms with Crippen LogP contribution in [-0.2, 0) is 14.3 Å². The van der Waals surface area contributed by atoms with Crippen molar-refractivity contribution in [1.82, 2.24) is 5.32 Å². The third-order valence-corrected chi connectivity index (χ3v) is 5.27. The zero-order valence-corrected chi connectivity index (χ0v) is 16.9. The summed E-state index contributed by atoms with van der Waals surface area (Å²) in [7, 11) is 1.31. The maximum atomic E-state index is 12.1. The number of rotatable bonds is 6. The van der Waals surface area contributed by atoms with E-state index < -0.39 is 11.9 Å². The van der Waals surface area contributed by atoms with Gasteiger partial charge in [0, 0.05) is 5.56 Å². The lowest BCUT2D eigenvalue weighted by molar-refractivity contribution is -0.143. The number of nitriles is 1. The molecule has 0 spiro atoms. The van der Waals surface area contributed by atoms with E-state index in [2.05, 4.69) is 32.1 Å². The fourth-order valence-corrected chi connectivity index (χ4v) is 3.67. The van der Waals surface area contributed by atoms with Gasteiger partial charge in [0.25, 0.3) is 0 Å². The first-order valence-corrected chi connectivity index (χ1v) is 9.60. The monoisotopic (exact) mass is 442 g/mol. The average Bonchev–Trinajstić information content (AvgIpc) is 3.06. The van der Waals surface area contributed by atoms with E-state index in [9.17, 15) is 9.59 Å². The largest absolute Gasteiger partial charge is 0.490 e. The Bertz CT molecular complexity index is 921. The molecule has 0 radical (unpaired) electrons. The van der Waals surface area contributed by atoms with E-state index >= 15 is 0 Å². The van der Waals surface area contributed by atoms with Crippen molar-refractivity contribution in [2.24, 2.45) is 5.92 Å². The Kier molecular flexibility index (Phi) is 6.32. The first-order valence-electron chi connectivity index (χ1n) is 8.81. The van der Waals surface area contributed by atoms with Gasteiger partial charge in [0.05, 0.1) is 41.6 Å². The van der Waals surface area contributed by atoms with Crippen LogP contribution in [0.15, 0.2) is 46.9 Å². The van der Waals surface area contributed by atoms with Gasteiger partial charge in [-0.3, -0.25) is 9.59 Å². The van der Waals surface area contributed by atoms with Crippen LogP contribution in [0.3, 0.4) is 0 Å². The van der Waals surface area contributed by atoms with Gasteiger partial charge in [0.2, 0.25) is 5.91 Å². The lowest BCUT2D eigenvalue weighted by atomic mass is 10.0. The van der Waals surface area contributed by atoms with Crippen molar-refractivity contribution in [2.45, 2.75) is 18.9 Å². The molecule has 1 N–H and O–H groups in total. The van der Waals surface area contributed by atoms with E-state index in [4.69, 9.17) is 10.00 Å². The fraction of sp³-hybridized carbons (Fsp3) is 0.286. The molecule has 3 rings (SSSR count). The predicted molar refractivity (Wildman–Crippen MR) is 106 cm³/mol. The molecule has 1 heterocycles. The second-order valence-electron chi connectivity index (χ2n) is 6.54. The number of hydrogen-bond acceptors (Lipinski definition) is 5. The van der Waals surface area contributed by atoms with Crippen molar-refractivity contribution >= 4 is 27.8 Å². The van der Waals surface area contributed by atoms with Crippen LogP contribution in [0.4, 0.5) is 0 Å². The Morgan fingerprint density at radius 3 is 2.71 bits per heavy atom. The SMILES string of the molecule is COC(=O)C[C@@H]1C[C@@H](COc2c(Br)cccc2-c2ccc(C#N)cc2)NC1=O. The minimum Gasteiger partial charge on any atom is -0.490 e. The van der Waals surface area contributed by atoms with Gasteiger partial charge in [-0.05, 0) is 46.1 Å². The molecular formula is C21H19BrN2O4. The molecule has 6 nitrogen and oxygen atoms in total. The zero-order chi connectivity index (χ0) is 20.1. The van der Waals surface area contributed by atoms with Gasteiger partial charge < -0.3 is 14.8 Å². The van der Waals surface area contributed by atoms with Gasteiger partial charge in [-0.2, -0.15) is 5.26 Å². The standard InChI is InChI=1S/C21H19BrN2O4/c1-27-19(25)10-15-9-16(24-21(15)26)12-28-20-17(3-2-4-18(20)22)14-7-5-13(11-23)6-8-14/h2-8,15-16H,9-10,12H2,1H3,(H,24,26)/t15-,16-/m0/s1. The summed E-state index contributed by atoms with van der Waals surface area (Å²) in [5.41, 5.74) is 2.40. The van der Waals surface area contributed by atoms with Gasteiger partial charge in [-0.1, -0.05) is 24.3 Å². The van der Waals surface area contributed by atoms with Crippen molar-refractivity contribution in [3.63, 3.8) is 0 Å². The first kappa shape index (κ1) is 19.9. The van der Waals surface area contributed by atoms with Crippen LogP contribution in [-0.4, -0.2) is 31.6 Å². The molecule has 1 aliphatic heterocycles. The van der Waals surface area contributed by atoms with E-state index in [1.807, 2.05) is 30.3 Å². The van der Waals surface area contributed by atoms with Gasteiger partial charge >= 0.3 is 5.97 Å². The summed E-state index contributed by atoms with van der Waals surface area (Å²) in [5, 5.41) is 11.8. The van der Waals surface area contributed by atoms with Crippen LogP contribution in [0, 0.1) is 17.2 Å². The molecule has 2 aromatic carbocycles. The number of ether oxygens (including phenoxy) is 2. The van der Waals surface area contributed by atoms with Crippen LogP contribution < -0.4 is 10.1 Å². The molecule has 1 amide bonds. The number of para-hydroxylation sites is 1. The minimum absolute atomic E-state index is 0.0738. The summed E-state index contributed by atoms with van der Waals surface area (Å²) < 4.78 is 11.5. The number of halogens is 1. The number of benzene rings is 2. The molecule has 0 saturated carbocycles. The van der Waals surface area contributed by atoms with Crippen LogP contribution in [0.1, 0.15) is 18.4 Å². The van der Waals surface area contributed by atoms with E-state index in [0.29, 0.717) is 17.7 Å². The van der Waals surface area contributed by atoms with Gasteiger partial charge in [-0.15, -0.1) is 0 Å². The number of nitrogens with one attached hydrogen (secondary N) is 1. The maximum Gasteiger partial charge on any atom is 0.306 e. The Hall–Kier alpha value is -2.85. The minimum atomic E-state index is -0.393. The molecule has 2 atom stereocenters. The molecule has 28 heavy (non-hydrogen) atoms. The van der Waals surface area contributed by atoms with Gasteiger partial charge in [-0.25, -0.2) is 0 Å².